The molecule has 3 aromatic carbocycles. The van der Waals surface area contributed by atoms with Gasteiger partial charge in [0.15, 0.2) is 0 Å². The summed E-state index contributed by atoms with van der Waals surface area (Å²) in [6, 6.07) is 18.7. The second kappa shape index (κ2) is 8.52. The smallest absolute Gasteiger partial charge is 0.267 e. The molecule has 1 heterocycles. The summed E-state index contributed by atoms with van der Waals surface area (Å²) in [6.45, 7) is 0. The molecule has 0 saturated carbocycles. The summed E-state index contributed by atoms with van der Waals surface area (Å²) < 4.78 is 16.4. The van der Waals surface area contributed by atoms with E-state index in [2.05, 4.69) is 41.9 Å². The molecule has 144 valence electrons. The van der Waals surface area contributed by atoms with Crippen molar-refractivity contribution >= 4 is 70.7 Å². The first-order chi connectivity index (χ1) is 14.0. The van der Waals surface area contributed by atoms with Crippen molar-refractivity contribution in [3.05, 3.63) is 92.6 Å². The van der Waals surface area contributed by atoms with E-state index < -0.39 is 11.7 Å². The molecule has 0 fully saturated rings. The van der Waals surface area contributed by atoms with Crippen LogP contribution in [0.5, 0.6) is 0 Å². The van der Waals surface area contributed by atoms with Gasteiger partial charge in [0.05, 0.1) is 16.4 Å². The van der Waals surface area contributed by atoms with E-state index in [9.17, 15) is 9.18 Å². The number of carbonyl (C=O) groups is 1. The summed E-state index contributed by atoms with van der Waals surface area (Å²) in [5.41, 5.74) is 1.76. The van der Waals surface area contributed by atoms with Crippen molar-refractivity contribution in [3.8, 4) is 0 Å². The minimum atomic E-state index is -0.485. The molecule has 0 bridgehead atoms. The van der Waals surface area contributed by atoms with Crippen molar-refractivity contribution in [1.82, 2.24) is 4.98 Å². The summed E-state index contributed by atoms with van der Waals surface area (Å²) in [6.07, 6.45) is 1.58. The molecule has 1 aromatic heterocycles. The number of anilines is 1. The standard InChI is InChI=1S/C21H12Br2FN3OS/c22-15-6-4-13(5-7-15)12-25-27(20(28)14-2-1-3-17(24)10-14)21-26-18-9-8-16(23)11-19(18)29-21/h1-12H/b25-12+. The van der Waals surface area contributed by atoms with Crippen molar-refractivity contribution in [2.45, 2.75) is 0 Å². The lowest BCUT2D eigenvalue weighted by molar-refractivity contribution is 0.0987. The fourth-order valence-corrected chi connectivity index (χ4v) is 4.32. The number of nitrogens with zero attached hydrogens (tertiary/aromatic N) is 3. The van der Waals surface area contributed by atoms with Gasteiger partial charge in [0.25, 0.3) is 5.91 Å². The molecule has 0 unspecified atom stereocenters. The minimum absolute atomic E-state index is 0.193. The Bertz CT molecular complexity index is 1220. The van der Waals surface area contributed by atoms with Gasteiger partial charge in [0.2, 0.25) is 5.13 Å². The van der Waals surface area contributed by atoms with Crippen LogP contribution in [0, 0.1) is 5.82 Å². The topological polar surface area (TPSA) is 45.6 Å². The molecule has 0 N–H and O–H groups in total. The lowest BCUT2D eigenvalue weighted by Gasteiger charge is -2.13. The Labute approximate surface area is 187 Å². The predicted octanol–water partition coefficient (Wildman–Crippen LogP) is 6.64. The van der Waals surface area contributed by atoms with Crippen molar-refractivity contribution in [2.24, 2.45) is 5.10 Å². The lowest BCUT2D eigenvalue weighted by atomic mass is 10.2. The molecule has 1 amide bonds. The fraction of sp³-hybridized carbons (Fsp3) is 0. The number of hydrogen-bond acceptors (Lipinski definition) is 4. The fourth-order valence-electron chi connectivity index (χ4n) is 2.58. The molecule has 0 aliphatic carbocycles. The van der Waals surface area contributed by atoms with E-state index in [4.69, 9.17) is 0 Å². The summed E-state index contributed by atoms with van der Waals surface area (Å²) in [7, 11) is 0. The van der Waals surface area contributed by atoms with Crippen LogP contribution in [-0.2, 0) is 0 Å². The summed E-state index contributed by atoms with van der Waals surface area (Å²) in [4.78, 5) is 17.6. The Morgan fingerprint density at radius 1 is 1.03 bits per heavy atom. The van der Waals surface area contributed by atoms with E-state index in [1.807, 2.05) is 42.5 Å². The third-order valence-corrected chi connectivity index (χ3v) is 5.99. The number of carbonyl (C=O) groups excluding carboxylic acids is 1. The van der Waals surface area contributed by atoms with Crippen LogP contribution in [0.3, 0.4) is 0 Å². The zero-order chi connectivity index (χ0) is 20.4. The van der Waals surface area contributed by atoms with Gasteiger partial charge in [-0.1, -0.05) is 61.4 Å². The molecule has 0 spiro atoms. The minimum Gasteiger partial charge on any atom is -0.267 e. The number of thiazole rings is 1. The first kappa shape index (κ1) is 19.9. The van der Waals surface area contributed by atoms with Crippen LogP contribution in [0.2, 0.25) is 0 Å². The van der Waals surface area contributed by atoms with Crippen LogP contribution in [0.1, 0.15) is 15.9 Å². The molecular weight excluding hydrogens is 521 g/mol. The molecule has 8 heteroatoms. The van der Waals surface area contributed by atoms with E-state index in [0.29, 0.717) is 5.13 Å². The first-order valence-corrected chi connectivity index (χ1v) is 10.9. The molecule has 0 aliphatic rings. The van der Waals surface area contributed by atoms with E-state index in [1.54, 1.807) is 12.3 Å². The van der Waals surface area contributed by atoms with Gasteiger partial charge in [0.1, 0.15) is 5.82 Å². The Kier molecular flexibility index (Phi) is 5.84. The number of fused-ring (bicyclic) bond motifs is 1. The highest BCUT2D eigenvalue weighted by Gasteiger charge is 2.21. The number of amides is 1. The Morgan fingerprint density at radius 3 is 2.55 bits per heavy atom. The van der Waals surface area contributed by atoms with Crippen LogP contribution in [0.15, 0.2) is 80.8 Å². The summed E-state index contributed by atoms with van der Waals surface area (Å²) >= 11 is 8.17. The third-order valence-electron chi connectivity index (χ3n) is 3.98. The summed E-state index contributed by atoms with van der Waals surface area (Å²) in [5.74, 6) is -0.947. The van der Waals surface area contributed by atoms with Gasteiger partial charge in [0, 0.05) is 14.5 Å². The SMILES string of the molecule is O=C(c1cccc(F)c1)N(/N=C/c1ccc(Br)cc1)c1nc2ccc(Br)cc2s1. The Morgan fingerprint density at radius 2 is 1.79 bits per heavy atom. The first-order valence-electron chi connectivity index (χ1n) is 8.45. The average Bonchev–Trinajstić information content (AvgIpc) is 3.12. The molecule has 0 saturated heterocycles. The number of benzene rings is 3. The highest BCUT2D eigenvalue weighted by molar-refractivity contribution is 9.10. The molecule has 0 aliphatic heterocycles. The molecule has 0 atom stereocenters. The molecule has 29 heavy (non-hydrogen) atoms. The van der Waals surface area contributed by atoms with E-state index in [0.717, 1.165) is 24.7 Å². The maximum Gasteiger partial charge on any atom is 0.280 e. The predicted molar refractivity (Wildman–Crippen MR) is 122 cm³/mol. The Balaban J connectivity index is 1.76. The maximum absolute atomic E-state index is 13.7. The van der Waals surface area contributed by atoms with Crippen LogP contribution >= 0.6 is 43.2 Å². The van der Waals surface area contributed by atoms with Crippen molar-refractivity contribution in [2.75, 3.05) is 5.01 Å². The monoisotopic (exact) mass is 531 g/mol. The van der Waals surface area contributed by atoms with Crippen LogP contribution in [-0.4, -0.2) is 17.1 Å². The second-order valence-electron chi connectivity index (χ2n) is 6.03. The normalized spacial score (nSPS) is 11.3. The van der Waals surface area contributed by atoms with Gasteiger partial charge >= 0.3 is 0 Å². The largest absolute Gasteiger partial charge is 0.280 e. The van der Waals surface area contributed by atoms with E-state index in [1.165, 1.54) is 34.5 Å². The number of hydrogen-bond donors (Lipinski definition) is 0. The zero-order valence-electron chi connectivity index (χ0n) is 14.7. The average molecular weight is 533 g/mol. The molecule has 0 radical (unpaired) electrons. The van der Waals surface area contributed by atoms with E-state index >= 15 is 0 Å². The van der Waals surface area contributed by atoms with Crippen molar-refractivity contribution < 1.29 is 9.18 Å². The number of aromatic nitrogens is 1. The van der Waals surface area contributed by atoms with Gasteiger partial charge in [-0.05, 0) is 54.1 Å². The molecule has 4 aromatic rings. The van der Waals surface area contributed by atoms with Crippen LogP contribution in [0.4, 0.5) is 9.52 Å². The highest BCUT2D eigenvalue weighted by Crippen LogP contribution is 2.32. The second-order valence-corrected chi connectivity index (χ2v) is 8.87. The summed E-state index contributed by atoms with van der Waals surface area (Å²) in [5, 5.41) is 5.98. The van der Waals surface area contributed by atoms with Gasteiger partial charge in [-0.3, -0.25) is 4.79 Å². The number of rotatable bonds is 4. The van der Waals surface area contributed by atoms with Crippen molar-refractivity contribution in [3.63, 3.8) is 0 Å². The molecular formula is C21H12Br2FN3OS. The van der Waals surface area contributed by atoms with Gasteiger partial charge < -0.3 is 0 Å². The molecule has 4 rings (SSSR count). The van der Waals surface area contributed by atoms with Crippen LogP contribution < -0.4 is 5.01 Å². The zero-order valence-corrected chi connectivity index (χ0v) is 18.7. The lowest BCUT2D eigenvalue weighted by Crippen LogP contribution is -2.25. The Hall–Kier alpha value is -2.42. The van der Waals surface area contributed by atoms with Gasteiger partial charge in [-0.25, -0.2) is 9.37 Å². The van der Waals surface area contributed by atoms with E-state index in [-0.39, 0.29) is 5.56 Å². The number of halogens is 3. The molecule has 4 nitrogen and oxygen atoms in total. The quantitative estimate of drug-likeness (QED) is 0.218. The van der Waals surface area contributed by atoms with Gasteiger partial charge in [-0.2, -0.15) is 10.1 Å². The van der Waals surface area contributed by atoms with Gasteiger partial charge in [-0.15, -0.1) is 0 Å². The van der Waals surface area contributed by atoms with Crippen LogP contribution in [0.25, 0.3) is 10.2 Å². The maximum atomic E-state index is 13.7. The van der Waals surface area contributed by atoms with Crippen molar-refractivity contribution in [1.29, 1.82) is 0 Å². The third kappa shape index (κ3) is 4.60. The number of hydrazone groups is 1. The highest BCUT2D eigenvalue weighted by atomic mass is 79.9.